The number of fused-ring (bicyclic) bond motifs is 1. The first-order chi connectivity index (χ1) is 6.77. The average Bonchev–Trinajstić information content (AvgIpc) is 2.41. The number of hydrogen-bond donors (Lipinski definition) is 1. The van der Waals surface area contributed by atoms with Crippen LogP contribution in [0.25, 0.3) is 0 Å². The first-order valence-electron chi connectivity index (χ1n) is 4.40. The Balaban J connectivity index is 2.37. The molecular formula is C10H10O3S. The van der Waals surface area contributed by atoms with Crippen LogP contribution in [0.2, 0.25) is 0 Å². The van der Waals surface area contributed by atoms with Gasteiger partial charge in [-0.1, -0.05) is 0 Å². The van der Waals surface area contributed by atoms with E-state index in [1.807, 2.05) is 0 Å². The first-order valence-corrected chi connectivity index (χ1v) is 5.39. The maximum Gasteiger partial charge on any atom is 0.335 e. The van der Waals surface area contributed by atoms with E-state index in [0.29, 0.717) is 12.2 Å². The van der Waals surface area contributed by atoms with Crippen LogP contribution < -0.4 is 4.74 Å². The van der Waals surface area contributed by atoms with Crippen LogP contribution in [-0.2, 0) is 0 Å². The van der Waals surface area contributed by atoms with Crippen molar-refractivity contribution in [3.63, 3.8) is 0 Å². The fourth-order valence-corrected chi connectivity index (χ4v) is 2.26. The number of benzene rings is 1. The molecule has 1 aliphatic rings. The van der Waals surface area contributed by atoms with Crippen molar-refractivity contribution in [1.29, 1.82) is 0 Å². The van der Waals surface area contributed by atoms with Gasteiger partial charge in [0.2, 0.25) is 0 Å². The number of carboxylic acids is 1. The van der Waals surface area contributed by atoms with Gasteiger partial charge in [-0.15, -0.1) is 11.8 Å². The topological polar surface area (TPSA) is 46.5 Å². The summed E-state index contributed by atoms with van der Waals surface area (Å²) < 4.78 is 5.47. The van der Waals surface area contributed by atoms with E-state index in [9.17, 15) is 4.79 Å². The van der Waals surface area contributed by atoms with Crippen molar-refractivity contribution in [2.75, 3.05) is 12.4 Å². The second-order valence-electron chi connectivity index (χ2n) is 3.02. The molecule has 0 fully saturated rings. The zero-order valence-electron chi connectivity index (χ0n) is 7.53. The van der Waals surface area contributed by atoms with E-state index in [2.05, 4.69) is 0 Å². The summed E-state index contributed by atoms with van der Waals surface area (Å²) in [6, 6.07) is 4.98. The Labute approximate surface area is 86.1 Å². The van der Waals surface area contributed by atoms with Crippen LogP contribution in [0.3, 0.4) is 0 Å². The molecule has 0 bridgehead atoms. The third-order valence-corrected chi connectivity index (χ3v) is 3.12. The van der Waals surface area contributed by atoms with E-state index in [0.717, 1.165) is 22.8 Å². The summed E-state index contributed by atoms with van der Waals surface area (Å²) in [5, 5.41) is 8.81. The molecule has 2 rings (SSSR count). The Bertz CT molecular complexity index is 362. The summed E-state index contributed by atoms with van der Waals surface area (Å²) in [5.74, 6) is 0.894. The maximum absolute atomic E-state index is 10.7. The Hall–Kier alpha value is -1.16. The molecule has 74 valence electrons. The summed E-state index contributed by atoms with van der Waals surface area (Å²) in [5.41, 5.74) is 0.321. The second kappa shape index (κ2) is 3.92. The molecule has 0 saturated heterocycles. The molecular weight excluding hydrogens is 200 g/mol. The van der Waals surface area contributed by atoms with Crippen LogP contribution in [0.15, 0.2) is 23.1 Å². The smallest absolute Gasteiger partial charge is 0.335 e. The van der Waals surface area contributed by atoms with Crippen molar-refractivity contribution in [1.82, 2.24) is 0 Å². The molecule has 0 saturated carbocycles. The molecule has 1 heterocycles. The summed E-state index contributed by atoms with van der Waals surface area (Å²) in [6.07, 6.45) is 1.00. The third kappa shape index (κ3) is 1.85. The zero-order chi connectivity index (χ0) is 9.97. The van der Waals surface area contributed by atoms with Gasteiger partial charge in [0.1, 0.15) is 5.75 Å². The lowest BCUT2D eigenvalue weighted by Crippen LogP contribution is -1.98. The molecule has 0 aliphatic carbocycles. The predicted octanol–water partition coefficient (Wildman–Crippen LogP) is 2.26. The fraction of sp³-hybridized carbons (Fsp3) is 0.300. The summed E-state index contributed by atoms with van der Waals surface area (Å²) in [7, 11) is 0. The number of ether oxygens (including phenoxy) is 1. The first kappa shape index (κ1) is 9.40. The number of rotatable bonds is 1. The Morgan fingerprint density at radius 2 is 2.36 bits per heavy atom. The van der Waals surface area contributed by atoms with Gasteiger partial charge in [-0.3, -0.25) is 0 Å². The van der Waals surface area contributed by atoms with E-state index in [1.54, 1.807) is 30.0 Å². The van der Waals surface area contributed by atoms with Crippen molar-refractivity contribution >= 4 is 17.7 Å². The van der Waals surface area contributed by atoms with E-state index in [1.165, 1.54) is 0 Å². The van der Waals surface area contributed by atoms with Crippen molar-refractivity contribution in [3.05, 3.63) is 23.8 Å². The summed E-state index contributed by atoms with van der Waals surface area (Å²) in [6.45, 7) is 0.715. The Morgan fingerprint density at radius 1 is 1.50 bits per heavy atom. The number of aromatic carboxylic acids is 1. The van der Waals surface area contributed by atoms with Crippen LogP contribution in [0.5, 0.6) is 5.75 Å². The molecule has 0 radical (unpaired) electrons. The minimum Gasteiger partial charge on any atom is -0.492 e. The van der Waals surface area contributed by atoms with Crippen LogP contribution in [0.1, 0.15) is 16.8 Å². The highest BCUT2D eigenvalue weighted by Gasteiger charge is 2.12. The van der Waals surface area contributed by atoms with Crippen LogP contribution >= 0.6 is 11.8 Å². The SMILES string of the molecule is O=C(O)c1ccc2c(c1)SCCCO2. The van der Waals surface area contributed by atoms with Gasteiger partial charge in [0, 0.05) is 5.75 Å². The van der Waals surface area contributed by atoms with E-state index >= 15 is 0 Å². The largest absolute Gasteiger partial charge is 0.492 e. The highest BCUT2D eigenvalue weighted by Crippen LogP contribution is 2.33. The Kier molecular flexibility index (Phi) is 2.63. The number of thioether (sulfide) groups is 1. The van der Waals surface area contributed by atoms with Gasteiger partial charge in [-0.25, -0.2) is 4.79 Å². The molecule has 0 unspecified atom stereocenters. The van der Waals surface area contributed by atoms with Crippen LogP contribution in [0.4, 0.5) is 0 Å². The van der Waals surface area contributed by atoms with Gasteiger partial charge in [0.05, 0.1) is 17.1 Å². The van der Waals surface area contributed by atoms with E-state index in [4.69, 9.17) is 9.84 Å². The van der Waals surface area contributed by atoms with Gasteiger partial charge in [-0.2, -0.15) is 0 Å². The van der Waals surface area contributed by atoms with Gasteiger partial charge < -0.3 is 9.84 Å². The second-order valence-corrected chi connectivity index (χ2v) is 4.15. The van der Waals surface area contributed by atoms with Gasteiger partial charge >= 0.3 is 5.97 Å². The molecule has 0 amide bonds. The quantitative estimate of drug-likeness (QED) is 0.772. The van der Waals surface area contributed by atoms with Gasteiger partial charge in [0.25, 0.3) is 0 Å². The summed E-state index contributed by atoms with van der Waals surface area (Å²) >= 11 is 1.65. The van der Waals surface area contributed by atoms with Crippen molar-refractivity contribution < 1.29 is 14.6 Å². The van der Waals surface area contributed by atoms with E-state index < -0.39 is 5.97 Å². The highest BCUT2D eigenvalue weighted by molar-refractivity contribution is 7.99. The molecule has 0 atom stereocenters. The van der Waals surface area contributed by atoms with E-state index in [-0.39, 0.29) is 0 Å². The monoisotopic (exact) mass is 210 g/mol. The van der Waals surface area contributed by atoms with Crippen molar-refractivity contribution in [2.24, 2.45) is 0 Å². The molecule has 3 nitrogen and oxygen atoms in total. The van der Waals surface area contributed by atoms with Crippen molar-refractivity contribution in [3.8, 4) is 5.75 Å². The minimum absolute atomic E-state index is 0.321. The van der Waals surface area contributed by atoms with Gasteiger partial charge in [-0.05, 0) is 24.6 Å². The fourth-order valence-electron chi connectivity index (χ4n) is 1.30. The standard InChI is InChI=1S/C10H10O3S/c11-10(12)7-2-3-8-9(6-7)14-5-1-4-13-8/h2-3,6H,1,4-5H2,(H,11,12). The van der Waals surface area contributed by atoms with Crippen LogP contribution in [0, 0.1) is 0 Å². The lowest BCUT2D eigenvalue weighted by atomic mass is 10.2. The van der Waals surface area contributed by atoms with Crippen molar-refractivity contribution in [2.45, 2.75) is 11.3 Å². The predicted molar refractivity (Wildman–Crippen MR) is 54.2 cm³/mol. The molecule has 1 aliphatic heterocycles. The average molecular weight is 210 g/mol. The third-order valence-electron chi connectivity index (χ3n) is 1.99. The molecule has 1 aromatic rings. The molecule has 0 aromatic heterocycles. The molecule has 0 spiro atoms. The molecule has 1 N–H and O–H groups in total. The van der Waals surface area contributed by atoms with Crippen LogP contribution in [-0.4, -0.2) is 23.4 Å². The minimum atomic E-state index is -0.891. The molecule has 1 aromatic carbocycles. The summed E-state index contributed by atoms with van der Waals surface area (Å²) in [4.78, 5) is 11.7. The lowest BCUT2D eigenvalue weighted by Gasteiger charge is -2.06. The highest BCUT2D eigenvalue weighted by atomic mass is 32.2. The normalized spacial score (nSPS) is 15.1. The molecule has 14 heavy (non-hydrogen) atoms. The van der Waals surface area contributed by atoms with Gasteiger partial charge in [0.15, 0.2) is 0 Å². The lowest BCUT2D eigenvalue weighted by molar-refractivity contribution is 0.0696. The zero-order valence-corrected chi connectivity index (χ0v) is 8.34. The Morgan fingerprint density at radius 3 is 3.14 bits per heavy atom. The molecule has 4 heteroatoms. The number of carboxylic acid groups (broad SMARTS) is 1. The number of carbonyl (C=O) groups is 1. The maximum atomic E-state index is 10.7. The number of hydrogen-bond acceptors (Lipinski definition) is 3.